The lowest BCUT2D eigenvalue weighted by Crippen LogP contribution is -2.33. The van der Waals surface area contributed by atoms with Gasteiger partial charge in [-0.05, 0) is 0 Å². The maximum Gasteiger partial charge on any atom is 0.374 e. The molecule has 7 heteroatoms. The molecule has 5 nitrogen and oxygen atoms in total. The molecule has 1 N–H and O–H groups in total. The zero-order valence-electron chi connectivity index (χ0n) is 6.28. The van der Waals surface area contributed by atoms with Crippen LogP contribution < -0.4 is 0 Å². The molecule has 74 valence electrons. The molecule has 0 saturated carbocycles. The van der Waals surface area contributed by atoms with E-state index in [4.69, 9.17) is 5.11 Å². The van der Waals surface area contributed by atoms with E-state index in [1.54, 1.807) is 0 Å². The van der Waals surface area contributed by atoms with E-state index in [0.717, 1.165) is 0 Å². The SMILES string of the molecule is O=C(OC1COC(=O)C1O)C(F)F. The van der Waals surface area contributed by atoms with Crippen LogP contribution in [0, 0.1) is 0 Å². The zero-order valence-corrected chi connectivity index (χ0v) is 6.28. The van der Waals surface area contributed by atoms with E-state index < -0.39 is 37.2 Å². The number of halogens is 2. The standard InChI is InChI=1S/C6H6F2O5/c7-4(8)6(11)13-2-1-12-5(10)3(2)9/h2-4,9H,1H2. The molecule has 0 aliphatic carbocycles. The highest BCUT2D eigenvalue weighted by Gasteiger charge is 2.39. The molecule has 1 fully saturated rings. The Balaban J connectivity index is 2.47. The molecule has 0 radical (unpaired) electrons. The minimum Gasteiger partial charge on any atom is -0.460 e. The van der Waals surface area contributed by atoms with Crippen molar-refractivity contribution in [1.29, 1.82) is 0 Å². The summed E-state index contributed by atoms with van der Waals surface area (Å²) < 4.78 is 31.6. The van der Waals surface area contributed by atoms with Crippen LogP contribution in [0.25, 0.3) is 0 Å². The minimum absolute atomic E-state index is 0.390. The van der Waals surface area contributed by atoms with Gasteiger partial charge in [0.15, 0.2) is 12.2 Å². The highest BCUT2D eigenvalue weighted by Crippen LogP contribution is 2.12. The van der Waals surface area contributed by atoms with Crippen molar-refractivity contribution in [2.45, 2.75) is 18.6 Å². The molecule has 0 spiro atoms. The largest absolute Gasteiger partial charge is 0.460 e. The monoisotopic (exact) mass is 196 g/mol. The molecule has 1 heterocycles. The minimum atomic E-state index is -3.28. The van der Waals surface area contributed by atoms with Gasteiger partial charge in [-0.15, -0.1) is 0 Å². The molecule has 0 amide bonds. The highest BCUT2D eigenvalue weighted by atomic mass is 19.3. The van der Waals surface area contributed by atoms with Crippen molar-refractivity contribution in [2.24, 2.45) is 0 Å². The second kappa shape index (κ2) is 3.65. The van der Waals surface area contributed by atoms with Crippen molar-refractivity contribution >= 4 is 11.9 Å². The summed E-state index contributed by atoms with van der Waals surface area (Å²) in [5.74, 6) is -2.76. The first kappa shape index (κ1) is 9.85. The van der Waals surface area contributed by atoms with Crippen LogP contribution >= 0.6 is 0 Å². The molecular weight excluding hydrogens is 190 g/mol. The Morgan fingerprint density at radius 3 is 2.69 bits per heavy atom. The number of aliphatic hydroxyl groups is 1. The van der Waals surface area contributed by atoms with E-state index in [0.29, 0.717) is 0 Å². The van der Waals surface area contributed by atoms with Crippen LogP contribution in [0.4, 0.5) is 8.78 Å². The Morgan fingerprint density at radius 2 is 2.31 bits per heavy atom. The van der Waals surface area contributed by atoms with Crippen LogP contribution in [-0.4, -0.2) is 42.3 Å². The molecule has 1 saturated heterocycles. The smallest absolute Gasteiger partial charge is 0.374 e. The number of carbonyl (C=O) groups excluding carboxylic acids is 2. The van der Waals surface area contributed by atoms with E-state index in [-0.39, 0.29) is 0 Å². The second-order valence-corrected chi connectivity index (χ2v) is 2.35. The maximum absolute atomic E-state index is 11.6. The number of carbonyl (C=O) groups is 2. The Bertz CT molecular complexity index is 229. The Kier molecular flexibility index (Phi) is 2.76. The summed E-state index contributed by atoms with van der Waals surface area (Å²) in [6, 6.07) is 0. The van der Waals surface area contributed by atoms with E-state index >= 15 is 0 Å². The van der Waals surface area contributed by atoms with Gasteiger partial charge in [0.2, 0.25) is 0 Å². The lowest BCUT2D eigenvalue weighted by Gasteiger charge is -2.10. The Labute approximate surface area is 71.2 Å². The molecular formula is C6H6F2O5. The number of alkyl halides is 2. The van der Waals surface area contributed by atoms with Gasteiger partial charge in [0, 0.05) is 0 Å². The summed E-state index contributed by atoms with van der Waals surface area (Å²) in [5.41, 5.74) is 0. The predicted octanol–water partition coefficient (Wildman–Crippen LogP) is -0.919. The van der Waals surface area contributed by atoms with Gasteiger partial charge in [0.1, 0.15) is 6.61 Å². The third-order valence-corrected chi connectivity index (χ3v) is 1.43. The van der Waals surface area contributed by atoms with Gasteiger partial charge in [-0.2, -0.15) is 8.78 Å². The average Bonchev–Trinajstić information content (AvgIpc) is 2.36. The van der Waals surface area contributed by atoms with E-state index in [2.05, 4.69) is 9.47 Å². The predicted molar refractivity (Wildman–Crippen MR) is 32.8 cm³/mol. The maximum atomic E-state index is 11.6. The molecule has 1 aliphatic rings. The summed E-state index contributed by atoms with van der Waals surface area (Å²) in [4.78, 5) is 20.8. The highest BCUT2D eigenvalue weighted by molar-refractivity contribution is 5.79. The summed E-state index contributed by atoms with van der Waals surface area (Å²) in [5, 5.41) is 8.89. The van der Waals surface area contributed by atoms with Crippen molar-refractivity contribution in [3.05, 3.63) is 0 Å². The summed E-state index contributed by atoms with van der Waals surface area (Å²) in [7, 11) is 0. The topological polar surface area (TPSA) is 72.8 Å². The van der Waals surface area contributed by atoms with Gasteiger partial charge < -0.3 is 14.6 Å². The van der Waals surface area contributed by atoms with Gasteiger partial charge >= 0.3 is 18.4 Å². The molecule has 13 heavy (non-hydrogen) atoms. The molecule has 0 bridgehead atoms. The number of ether oxygens (including phenoxy) is 2. The number of rotatable bonds is 2. The molecule has 1 aliphatic heterocycles. The summed E-state index contributed by atoms with van der Waals surface area (Å²) >= 11 is 0. The van der Waals surface area contributed by atoms with Crippen LogP contribution in [0.5, 0.6) is 0 Å². The van der Waals surface area contributed by atoms with Crippen LogP contribution in [0.1, 0.15) is 0 Å². The van der Waals surface area contributed by atoms with Crippen molar-refractivity contribution in [1.82, 2.24) is 0 Å². The third kappa shape index (κ3) is 2.11. The van der Waals surface area contributed by atoms with Gasteiger partial charge in [-0.25, -0.2) is 9.59 Å². The van der Waals surface area contributed by atoms with Crippen molar-refractivity contribution in [3.8, 4) is 0 Å². The van der Waals surface area contributed by atoms with Crippen LogP contribution in [0.15, 0.2) is 0 Å². The molecule has 2 atom stereocenters. The number of cyclic esters (lactones) is 1. The van der Waals surface area contributed by atoms with Gasteiger partial charge in [0.05, 0.1) is 0 Å². The van der Waals surface area contributed by atoms with Crippen LogP contribution in [0.3, 0.4) is 0 Å². The van der Waals surface area contributed by atoms with Crippen LogP contribution in [0.2, 0.25) is 0 Å². The number of aliphatic hydroxyl groups excluding tert-OH is 1. The van der Waals surface area contributed by atoms with Gasteiger partial charge in [-0.1, -0.05) is 0 Å². The third-order valence-electron chi connectivity index (χ3n) is 1.43. The fourth-order valence-corrected chi connectivity index (χ4v) is 0.792. The molecule has 2 unspecified atom stereocenters. The fraction of sp³-hybridized carbons (Fsp3) is 0.667. The molecule has 1 rings (SSSR count). The first-order valence-corrected chi connectivity index (χ1v) is 3.35. The van der Waals surface area contributed by atoms with E-state index in [1.807, 2.05) is 0 Å². The molecule has 0 aromatic carbocycles. The lowest BCUT2D eigenvalue weighted by molar-refractivity contribution is -0.165. The first-order valence-electron chi connectivity index (χ1n) is 3.35. The number of hydrogen-bond donors (Lipinski definition) is 1. The van der Waals surface area contributed by atoms with Crippen molar-refractivity contribution in [3.63, 3.8) is 0 Å². The average molecular weight is 196 g/mol. The van der Waals surface area contributed by atoms with Gasteiger partial charge in [-0.3, -0.25) is 0 Å². The first-order chi connectivity index (χ1) is 6.02. The van der Waals surface area contributed by atoms with Crippen molar-refractivity contribution < 1.29 is 33.0 Å². The normalized spacial score (nSPS) is 27.5. The van der Waals surface area contributed by atoms with Gasteiger partial charge in [0.25, 0.3) is 0 Å². The van der Waals surface area contributed by atoms with E-state index in [9.17, 15) is 18.4 Å². The van der Waals surface area contributed by atoms with E-state index in [1.165, 1.54) is 0 Å². The quantitative estimate of drug-likeness (QED) is 0.578. The Morgan fingerprint density at radius 1 is 1.69 bits per heavy atom. The second-order valence-electron chi connectivity index (χ2n) is 2.35. The van der Waals surface area contributed by atoms with Crippen LogP contribution in [-0.2, 0) is 19.1 Å². The Hall–Kier alpha value is -1.24. The number of hydrogen-bond acceptors (Lipinski definition) is 5. The zero-order chi connectivity index (χ0) is 10.0. The molecule has 0 aromatic rings. The number of esters is 2. The molecule has 0 aromatic heterocycles. The lowest BCUT2D eigenvalue weighted by atomic mass is 10.2. The summed E-state index contributed by atoms with van der Waals surface area (Å²) in [6.07, 6.45) is -6.26. The van der Waals surface area contributed by atoms with Crippen molar-refractivity contribution in [2.75, 3.05) is 6.61 Å². The fourth-order valence-electron chi connectivity index (χ4n) is 0.792. The summed E-state index contributed by atoms with van der Waals surface area (Å²) in [6.45, 7) is -0.390.